The van der Waals surface area contributed by atoms with Crippen LogP contribution in [0.25, 0.3) is 0 Å². The molecule has 1 aliphatic rings. The Balaban J connectivity index is 1.87. The third kappa shape index (κ3) is 4.21. The zero-order valence-corrected chi connectivity index (χ0v) is 13.3. The first-order chi connectivity index (χ1) is 9.58. The number of benzene rings is 1. The van der Waals surface area contributed by atoms with Gasteiger partial charge < -0.3 is 5.11 Å². The molecular formula is C17H26ClNO. The van der Waals surface area contributed by atoms with Crippen molar-refractivity contribution in [2.45, 2.75) is 51.2 Å². The van der Waals surface area contributed by atoms with Gasteiger partial charge in [0.2, 0.25) is 0 Å². The normalized spacial score (nSPS) is 19.4. The lowest BCUT2D eigenvalue weighted by Crippen LogP contribution is -2.32. The van der Waals surface area contributed by atoms with E-state index >= 15 is 0 Å². The summed E-state index contributed by atoms with van der Waals surface area (Å²) < 4.78 is 0. The van der Waals surface area contributed by atoms with Gasteiger partial charge in [-0.25, -0.2) is 0 Å². The lowest BCUT2D eigenvalue weighted by molar-refractivity contribution is 0.0874. The van der Waals surface area contributed by atoms with Gasteiger partial charge in [0.05, 0.1) is 6.10 Å². The molecule has 1 fully saturated rings. The van der Waals surface area contributed by atoms with Gasteiger partial charge in [-0.15, -0.1) is 0 Å². The minimum Gasteiger partial charge on any atom is -0.392 e. The fraction of sp³-hybridized carbons (Fsp3) is 0.647. The monoisotopic (exact) mass is 295 g/mol. The standard InChI is InChI=1S/C17H26ClNO/c1-13(16-9-5-6-10-17(16)18)19(2)12-15(20)11-14-7-3-4-8-14/h5-6,9-10,13-15,20H,3-4,7-8,11-12H2,1-2H3. The van der Waals surface area contributed by atoms with Crippen molar-refractivity contribution in [2.24, 2.45) is 5.92 Å². The molecule has 1 N–H and O–H groups in total. The number of aliphatic hydroxyl groups excluding tert-OH is 1. The molecule has 0 aliphatic heterocycles. The second-order valence-electron chi connectivity index (χ2n) is 6.18. The summed E-state index contributed by atoms with van der Waals surface area (Å²) in [4.78, 5) is 2.20. The maximum atomic E-state index is 10.3. The third-order valence-corrected chi connectivity index (χ3v) is 4.94. The third-order valence-electron chi connectivity index (χ3n) is 4.60. The van der Waals surface area contributed by atoms with Gasteiger partial charge in [-0.3, -0.25) is 4.90 Å². The summed E-state index contributed by atoms with van der Waals surface area (Å²) in [5.41, 5.74) is 1.13. The lowest BCUT2D eigenvalue weighted by atomic mass is 9.99. The maximum absolute atomic E-state index is 10.3. The molecule has 0 radical (unpaired) electrons. The molecule has 0 bridgehead atoms. The molecule has 0 saturated heterocycles. The molecule has 2 nitrogen and oxygen atoms in total. The molecule has 2 unspecified atom stereocenters. The van der Waals surface area contributed by atoms with Gasteiger partial charge in [-0.2, -0.15) is 0 Å². The molecule has 2 rings (SSSR count). The van der Waals surface area contributed by atoms with Crippen LogP contribution in [0.4, 0.5) is 0 Å². The summed E-state index contributed by atoms with van der Waals surface area (Å²) in [6.45, 7) is 2.85. The minimum atomic E-state index is -0.229. The van der Waals surface area contributed by atoms with Gasteiger partial charge in [-0.1, -0.05) is 55.5 Å². The summed E-state index contributed by atoms with van der Waals surface area (Å²) in [6, 6.07) is 8.18. The fourth-order valence-electron chi connectivity index (χ4n) is 3.25. The molecule has 1 saturated carbocycles. The van der Waals surface area contributed by atoms with E-state index in [0.717, 1.165) is 22.9 Å². The lowest BCUT2D eigenvalue weighted by Gasteiger charge is -2.28. The van der Waals surface area contributed by atoms with Crippen molar-refractivity contribution >= 4 is 11.6 Å². The van der Waals surface area contributed by atoms with Gasteiger partial charge in [-0.05, 0) is 37.9 Å². The predicted octanol–water partition coefficient (Wildman–Crippen LogP) is 4.27. The molecule has 1 aromatic rings. The highest BCUT2D eigenvalue weighted by Gasteiger charge is 2.22. The van der Waals surface area contributed by atoms with Crippen molar-refractivity contribution in [3.63, 3.8) is 0 Å². The largest absolute Gasteiger partial charge is 0.392 e. The van der Waals surface area contributed by atoms with Crippen molar-refractivity contribution < 1.29 is 5.11 Å². The van der Waals surface area contributed by atoms with E-state index in [-0.39, 0.29) is 12.1 Å². The van der Waals surface area contributed by atoms with E-state index in [1.807, 2.05) is 18.2 Å². The number of hydrogen-bond acceptors (Lipinski definition) is 2. The van der Waals surface area contributed by atoms with E-state index in [2.05, 4.69) is 24.9 Å². The molecular weight excluding hydrogens is 270 g/mol. The van der Waals surface area contributed by atoms with Crippen LogP contribution in [0.2, 0.25) is 5.02 Å². The van der Waals surface area contributed by atoms with Gasteiger partial charge in [0.25, 0.3) is 0 Å². The van der Waals surface area contributed by atoms with Crippen molar-refractivity contribution in [2.75, 3.05) is 13.6 Å². The summed E-state index contributed by atoms with van der Waals surface area (Å²) in [5, 5.41) is 11.1. The van der Waals surface area contributed by atoms with E-state index in [1.54, 1.807) is 0 Å². The van der Waals surface area contributed by atoms with E-state index in [0.29, 0.717) is 6.54 Å². The van der Waals surface area contributed by atoms with E-state index in [9.17, 15) is 5.11 Å². The molecule has 1 aromatic carbocycles. The van der Waals surface area contributed by atoms with Gasteiger partial charge >= 0.3 is 0 Å². The summed E-state index contributed by atoms with van der Waals surface area (Å²) >= 11 is 6.25. The smallest absolute Gasteiger partial charge is 0.0669 e. The van der Waals surface area contributed by atoms with Gasteiger partial charge in [0, 0.05) is 17.6 Å². The molecule has 112 valence electrons. The van der Waals surface area contributed by atoms with Gasteiger partial charge in [0.15, 0.2) is 0 Å². The van der Waals surface area contributed by atoms with Crippen molar-refractivity contribution in [1.29, 1.82) is 0 Å². The average Bonchev–Trinajstić information content (AvgIpc) is 2.91. The first kappa shape index (κ1) is 15.8. The van der Waals surface area contributed by atoms with Crippen LogP contribution in [-0.2, 0) is 0 Å². The number of rotatable bonds is 6. The van der Waals surface area contributed by atoms with E-state index < -0.39 is 0 Å². The van der Waals surface area contributed by atoms with Crippen LogP contribution in [0.5, 0.6) is 0 Å². The molecule has 0 aromatic heterocycles. The summed E-state index contributed by atoms with van der Waals surface area (Å²) in [7, 11) is 2.06. The van der Waals surface area contributed by atoms with Crippen molar-refractivity contribution in [3.8, 4) is 0 Å². The average molecular weight is 296 g/mol. The minimum absolute atomic E-state index is 0.224. The van der Waals surface area contributed by atoms with Crippen LogP contribution >= 0.6 is 11.6 Å². The van der Waals surface area contributed by atoms with Crippen LogP contribution < -0.4 is 0 Å². The van der Waals surface area contributed by atoms with Crippen molar-refractivity contribution in [3.05, 3.63) is 34.9 Å². The molecule has 0 heterocycles. The highest BCUT2D eigenvalue weighted by molar-refractivity contribution is 6.31. The maximum Gasteiger partial charge on any atom is 0.0669 e. The predicted molar refractivity (Wildman–Crippen MR) is 85.1 cm³/mol. The summed E-state index contributed by atoms with van der Waals surface area (Å²) in [6.07, 6.45) is 5.97. The van der Waals surface area contributed by atoms with E-state index in [1.165, 1.54) is 25.7 Å². The molecule has 20 heavy (non-hydrogen) atoms. The number of halogens is 1. The summed E-state index contributed by atoms with van der Waals surface area (Å²) in [5.74, 6) is 0.731. The Morgan fingerprint density at radius 3 is 2.60 bits per heavy atom. The topological polar surface area (TPSA) is 23.5 Å². The quantitative estimate of drug-likeness (QED) is 0.847. The first-order valence-electron chi connectivity index (χ1n) is 7.70. The van der Waals surface area contributed by atoms with Crippen LogP contribution in [0, 0.1) is 5.92 Å². The zero-order chi connectivity index (χ0) is 14.5. The molecule has 2 atom stereocenters. The Morgan fingerprint density at radius 2 is 1.95 bits per heavy atom. The number of hydrogen-bond donors (Lipinski definition) is 1. The van der Waals surface area contributed by atoms with Crippen LogP contribution in [0.15, 0.2) is 24.3 Å². The molecule has 3 heteroatoms. The van der Waals surface area contributed by atoms with Crippen LogP contribution in [0.3, 0.4) is 0 Å². The number of nitrogens with zero attached hydrogens (tertiary/aromatic N) is 1. The highest BCUT2D eigenvalue weighted by Crippen LogP contribution is 2.30. The molecule has 0 spiro atoms. The van der Waals surface area contributed by atoms with Crippen molar-refractivity contribution in [1.82, 2.24) is 4.90 Å². The molecule has 0 amide bonds. The Morgan fingerprint density at radius 1 is 1.30 bits per heavy atom. The Labute approximate surface area is 127 Å². The highest BCUT2D eigenvalue weighted by atomic mass is 35.5. The SMILES string of the molecule is CC(c1ccccc1Cl)N(C)CC(O)CC1CCCC1. The number of aliphatic hydroxyl groups is 1. The van der Waals surface area contributed by atoms with Gasteiger partial charge in [0.1, 0.15) is 0 Å². The molecule has 1 aliphatic carbocycles. The Bertz CT molecular complexity index is 417. The fourth-order valence-corrected chi connectivity index (χ4v) is 3.54. The first-order valence-corrected chi connectivity index (χ1v) is 8.08. The number of likely N-dealkylation sites (N-methyl/N-ethyl adjacent to an activating group) is 1. The Kier molecular flexibility index (Phi) is 5.88. The van der Waals surface area contributed by atoms with Crippen LogP contribution in [0.1, 0.15) is 50.6 Å². The Hall–Kier alpha value is -0.570. The second kappa shape index (κ2) is 7.44. The van der Waals surface area contributed by atoms with Crippen LogP contribution in [-0.4, -0.2) is 29.7 Å². The van der Waals surface area contributed by atoms with E-state index in [4.69, 9.17) is 11.6 Å². The zero-order valence-electron chi connectivity index (χ0n) is 12.6. The second-order valence-corrected chi connectivity index (χ2v) is 6.58.